The molecule has 0 radical (unpaired) electrons. The molecule has 0 amide bonds. The van der Waals surface area contributed by atoms with Crippen molar-refractivity contribution in [2.24, 2.45) is 0 Å². The molecule has 0 saturated heterocycles. The molecule has 0 fully saturated rings. The number of nitrogens with zero attached hydrogens (tertiary/aromatic N) is 2. The Hall–Kier alpha value is -6.81. The van der Waals surface area contributed by atoms with Crippen molar-refractivity contribution in [2.45, 2.75) is 15.2 Å². The Morgan fingerprint density at radius 2 is 0.982 bits per heavy atom. The predicted octanol–water partition coefficient (Wildman–Crippen LogP) is 13.9. The summed E-state index contributed by atoms with van der Waals surface area (Å²) in [4.78, 5) is 2.61. The second kappa shape index (κ2) is 11.1. The van der Waals surface area contributed by atoms with Crippen molar-refractivity contribution < 1.29 is 0 Å². The van der Waals surface area contributed by atoms with E-state index in [0.717, 1.165) is 5.69 Å². The summed E-state index contributed by atoms with van der Waals surface area (Å²) >= 11 is 1.93. The first-order chi connectivity index (χ1) is 27.8. The van der Waals surface area contributed by atoms with Crippen LogP contribution in [-0.2, 0) is 5.41 Å². The van der Waals surface area contributed by atoms with Crippen molar-refractivity contribution in [3.63, 3.8) is 0 Å². The van der Waals surface area contributed by atoms with Crippen LogP contribution >= 0.6 is 11.8 Å². The molecule has 0 bridgehead atoms. The molecular weight excluding hydrogens is 697 g/mol. The van der Waals surface area contributed by atoms with Gasteiger partial charge in [0.1, 0.15) is 0 Å². The molecule has 3 heteroatoms. The first kappa shape index (κ1) is 30.5. The van der Waals surface area contributed by atoms with Gasteiger partial charge in [0.25, 0.3) is 0 Å². The number of hydrogen-bond acceptors (Lipinski definition) is 1. The minimum absolute atomic E-state index is 0.536. The van der Waals surface area contributed by atoms with Crippen molar-refractivity contribution >= 4 is 66.1 Å². The van der Waals surface area contributed by atoms with Crippen molar-refractivity contribution in [3.8, 4) is 22.5 Å². The van der Waals surface area contributed by atoms with Gasteiger partial charge in [-0.3, -0.25) is 0 Å². The van der Waals surface area contributed by atoms with Crippen molar-refractivity contribution in [2.75, 3.05) is 0 Å². The van der Waals surface area contributed by atoms with Crippen molar-refractivity contribution in [3.05, 3.63) is 216 Å². The maximum Gasteiger partial charge on any atom is 0.0765 e. The summed E-state index contributed by atoms with van der Waals surface area (Å²) in [7, 11) is 0. The Morgan fingerprint density at radius 1 is 0.375 bits per heavy atom. The standard InChI is InChI=1S/C53H32N2S/c1-2-15-36-33(13-1)14-11-18-37(36)34-27-29-35(30-28-34)54-46-23-7-3-17-39(46)41-31-32-45-52(51(41)54)56-49-26-10-6-21-43(49)53(45)42-20-5-9-25-48(42)55-47-24-8-4-16-38(47)40-19-12-22-44(53)50(40)55/h1-32H. The van der Waals surface area contributed by atoms with Crippen LogP contribution in [0.1, 0.15) is 22.3 Å². The highest BCUT2D eigenvalue weighted by atomic mass is 32.2. The lowest BCUT2D eigenvalue weighted by Crippen LogP contribution is -2.37. The SMILES string of the molecule is c1ccc2c(c1)Sc1c(ccc3c4ccccc4n(-c4ccc(-c5cccc6ccccc56)cc4)c13)C21c2ccccc2-n2c3ccccc3c3cccc1c32. The van der Waals surface area contributed by atoms with Gasteiger partial charge in [0.05, 0.1) is 33.2 Å². The number of aromatic nitrogens is 2. The topological polar surface area (TPSA) is 9.86 Å². The maximum absolute atomic E-state index is 2.53. The van der Waals surface area contributed by atoms with Gasteiger partial charge in [-0.1, -0.05) is 169 Å². The molecular formula is C53H32N2S. The molecule has 1 unspecified atom stereocenters. The van der Waals surface area contributed by atoms with Gasteiger partial charge in [-0.15, -0.1) is 0 Å². The third kappa shape index (κ3) is 3.78. The molecule has 1 atom stereocenters. The average Bonchev–Trinajstić information content (AvgIpc) is 3.79. The van der Waals surface area contributed by atoms with Crippen LogP contribution in [0.25, 0.3) is 76.9 Å². The minimum Gasteiger partial charge on any atom is -0.309 e. The van der Waals surface area contributed by atoms with Crippen LogP contribution in [0.3, 0.4) is 0 Å². The molecule has 0 N–H and O–H groups in total. The van der Waals surface area contributed by atoms with Crippen LogP contribution in [0.5, 0.6) is 0 Å². The summed E-state index contributed by atoms with van der Waals surface area (Å²) in [5.74, 6) is 0. The number of hydrogen-bond donors (Lipinski definition) is 0. The molecule has 4 heterocycles. The molecule has 11 aromatic rings. The predicted molar refractivity (Wildman–Crippen MR) is 234 cm³/mol. The third-order valence-electron chi connectivity index (χ3n) is 12.6. The zero-order valence-electron chi connectivity index (χ0n) is 30.3. The molecule has 9 aromatic carbocycles. The van der Waals surface area contributed by atoms with Crippen molar-refractivity contribution in [1.82, 2.24) is 9.13 Å². The fourth-order valence-corrected chi connectivity index (χ4v) is 11.7. The van der Waals surface area contributed by atoms with Gasteiger partial charge in [0.2, 0.25) is 0 Å². The largest absolute Gasteiger partial charge is 0.309 e. The summed E-state index contributed by atoms with van der Waals surface area (Å²) in [5.41, 5.74) is 14.7. The molecule has 2 aliphatic rings. The summed E-state index contributed by atoms with van der Waals surface area (Å²) in [6.07, 6.45) is 0. The van der Waals surface area contributed by atoms with Gasteiger partial charge in [-0.2, -0.15) is 0 Å². The lowest BCUT2D eigenvalue weighted by molar-refractivity contribution is 0.691. The van der Waals surface area contributed by atoms with E-state index >= 15 is 0 Å². The van der Waals surface area contributed by atoms with Crippen LogP contribution in [-0.4, -0.2) is 9.13 Å². The van der Waals surface area contributed by atoms with Crippen molar-refractivity contribution in [1.29, 1.82) is 0 Å². The summed E-state index contributed by atoms with van der Waals surface area (Å²) < 4.78 is 5.05. The van der Waals surface area contributed by atoms with Gasteiger partial charge in [-0.25, -0.2) is 0 Å². The smallest absolute Gasteiger partial charge is 0.0765 e. The Labute approximate surface area is 327 Å². The van der Waals surface area contributed by atoms with Crippen LogP contribution in [0, 0.1) is 0 Å². The van der Waals surface area contributed by atoms with E-state index in [-0.39, 0.29) is 0 Å². The minimum atomic E-state index is -0.536. The van der Waals surface area contributed by atoms with Crippen LogP contribution in [0.4, 0.5) is 0 Å². The fraction of sp³-hybridized carbons (Fsp3) is 0.0189. The number of benzene rings is 9. The molecule has 0 saturated carbocycles. The first-order valence-electron chi connectivity index (χ1n) is 19.4. The highest BCUT2D eigenvalue weighted by molar-refractivity contribution is 7.99. The number of fused-ring (bicyclic) bond motifs is 16. The summed E-state index contributed by atoms with van der Waals surface area (Å²) in [5, 5.41) is 7.66. The first-order valence-corrected chi connectivity index (χ1v) is 20.2. The Kier molecular flexibility index (Phi) is 6.06. The summed E-state index contributed by atoms with van der Waals surface area (Å²) in [6, 6.07) is 72.5. The summed E-state index contributed by atoms with van der Waals surface area (Å²) in [6.45, 7) is 0. The highest BCUT2D eigenvalue weighted by Crippen LogP contribution is 2.62. The second-order valence-electron chi connectivity index (χ2n) is 15.2. The molecule has 0 aliphatic carbocycles. The van der Waals surface area contributed by atoms with Crippen LogP contribution in [0.15, 0.2) is 204 Å². The lowest BCUT2D eigenvalue weighted by Gasteiger charge is -2.45. The number of rotatable bonds is 2. The monoisotopic (exact) mass is 728 g/mol. The van der Waals surface area contributed by atoms with Gasteiger partial charge < -0.3 is 9.13 Å². The van der Waals surface area contributed by atoms with E-state index in [1.165, 1.54) is 103 Å². The number of para-hydroxylation sites is 4. The van der Waals surface area contributed by atoms with Gasteiger partial charge in [0, 0.05) is 37.0 Å². The lowest BCUT2D eigenvalue weighted by atomic mass is 9.62. The van der Waals surface area contributed by atoms with E-state index in [9.17, 15) is 0 Å². The molecule has 2 aromatic heterocycles. The van der Waals surface area contributed by atoms with Crippen LogP contribution < -0.4 is 0 Å². The second-order valence-corrected chi connectivity index (χ2v) is 16.2. The molecule has 2 nitrogen and oxygen atoms in total. The highest BCUT2D eigenvalue weighted by Gasteiger charge is 2.50. The Bertz CT molecular complexity index is 3450. The van der Waals surface area contributed by atoms with Gasteiger partial charge in [0.15, 0.2) is 0 Å². The Morgan fingerprint density at radius 3 is 1.82 bits per heavy atom. The molecule has 2 aliphatic heterocycles. The van der Waals surface area contributed by atoms with Gasteiger partial charge in [-0.05, 0) is 80.6 Å². The molecule has 260 valence electrons. The normalized spacial score (nSPS) is 15.5. The van der Waals surface area contributed by atoms with E-state index in [0.29, 0.717) is 0 Å². The van der Waals surface area contributed by atoms with E-state index in [4.69, 9.17) is 0 Å². The zero-order valence-corrected chi connectivity index (χ0v) is 31.1. The van der Waals surface area contributed by atoms with Crippen LogP contribution in [0.2, 0.25) is 0 Å². The quantitative estimate of drug-likeness (QED) is 0.172. The molecule has 56 heavy (non-hydrogen) atoms. The zero-order chi connectivity index (χ0) is 36.5. The van der Waals surface area contributed by atoms with E-state index < -0.39 is 5.41 Å². The average molecular weight is 729 g/mol. The maximum atomic E-state index is 2.53. The fourth-order valence-electron chi connectivity index (χ4n) is 10.4. The van der Waals surface area contributed by atoms with E-state index in [1.807, 2.05) is 11.8 Å². The van der Waals surface area contributed by atoms with E-state index in [1.54, 1.807) is 0 Å². The Balaban J connectivity index is 1.14. The van der Waals surface area contributed by atoms with Gasteiger partial charge >= 0.3 is 0 Å². The molecule has 13 rings (SSSR count). The third-order valence-corrected chi connectivity index (χ3v) is 13.8. The van der Waals surface area contributed by atoms with E-state index in [2.05, 4.69) is 203 Å². The molecule has 1 spiro atoms.